The Morgan fingerprint density at radius 1 is 1.15 bits per heavy atom. The summed E-state index contributed by atoms with van der Waals surface area (Å²) in [5.74, 6) is 0.208. The van der Waals surface area contributed by atoms with Gasteiger partial charge in [0.1, 0.15) is 17.0 Å². The fourth-order valence-corrected chi connectivity index (χ4v) is 4.57. The zero-order valence-electron chi connectivity index (χ0n) is 15.1. The van der Waals surface area contributed by atoms with Crippen LogP contribution in [0.3, 0.4) is 0 Å². The van der Waals surface area contributed by atoms with Crippen molar-refractivity contribution in [3.63, 3.8) is 0 Å². The maximum absolute atomic E-state index is 12.9. The Kier molecular flexibility index (Phi) is 4.63. The number of anilines is 1. The summed E-state index contributed by atoms with van der Waals surface area (Å²) < 4.78 is 5.28. The number of carbonyl (C=O) groups excluding carboxylic acids is 1. The maximum Gasteiger partial charge on any atom is 0.263 e. The van der Waals surface area contributed by atoms with E-state index in [-0.39, 0.29) is 5.91 Å². The van der Waals surface area contributed by atoms with Crippen molar-refractivity contribution in [2.45, 2.75) is 20.8 Å². The van der Waals surface area contributed by atoms with Gasteiger partial charge in [-0.15, -0.1) is 22.7 Å². The molecule has 0 spiro atoms. The van der Waals surface area contributed by atoms with Gasteiger partial charge in [0.15, 0.2) is 5.13 Å². The third kappa shape index (κ3) is 3.43. The zero-order valence-corrected chi connectivity index (χ0v) is 16.7. The van der Waals surface area contributed by atoms with Gasteiger partial charge in [0, 0.05) is 26.3 Å². The molecule has 0 saturated heterocycles. The number of benzene rings is 1. The topological polar surface area (TPSA) is 68.0 Å². The second-order valence-corrected chi connectivity index (χ2v) is 8.47. The molecule has 3 heterocycles. The number of rotatable bonds is 4. The molecule has 0 aliphatic carbocycles. The number of hydrogen-bond donors (Lipinski definition) is 1. The number of nitrogens with one attached hydrogen (secondary N) is 1. The fourth-order valence-electron chi connectivity index (χ4n) is 2.93. The van der Waals surface area contributed by atoms with E-state index in [9.17, 15) is 4.79 Å². The molecule has 3 aromatic heterocycles. The monoisotopic (exact) mass is 395 g/mol. The van der Waals surface area contributed by atoms with E-state index in [4.69, 9.17) is 4.52 Å². The van der Waals surface area contributed by atoms with Crippen molar-refractivity contribution in [1.29, 1.82) is 0 Å². The SMILES string of the molecule is Cc1cc(-c2csc(NC(=O)c3c(-c4ccccc4)noc3C)n2)c(C)s1. The minimum Gasteiger partial charge on any atom is -0.360 e. The van der Waals surface area contributed by atoms with Gasteiger partial charge in [0.25, 0.3) is 5.91 Å². The summed E-state index contributed by atoms with van der Waals surface area (Å²) in [6.07, 6.45) is 0. The predicted molar refractivity (Wildman–Crippen MR) is 110 cm³/mol. The molecule has 136 valence electrons. The Bertz CT molecular complexity index is 1110. The summed E-state index contributed by atoms with van der Waals surface area (Å²) in [7, 11) is 0. The van der Waals surface area contributed by atoms with Gasteiger partial charge >= 0.3 is 0 Å². The summed E-state index contributed by atoms with van der Waals surface area (Å²) in [4.78, 5) is 19.9. The summed E-state index contributed by atoms with van der Waals surface area (Å²) in [6, 6.07) is 11.6. The molecule has 5 nitrogen and oxygen atoms in total. The first-order valence-corrected chi connectivity index (χ1v) is 10.1. The Labute approximate surface area is 164 Å². The molecule has 0 saturated carbocycles. The molecule has 1 amide bonds. The second-order valence-electron chi connectivity index (χ2n) is 6.15. The number of hydrogen-bond acceptors (Lipinski definition) is 6. The Morgan fingerprint density at radius 3 is 2.63 bits per heavy atom. The lowest BCUT2D eigenvalue weighted by molar-refractivity contribution is 0.102. The molecule has 0 radical (unpaired) electrons. The van der Waals surface area contributed by atoms with Crippen LogP contribution in [-0.4, -0.2) is 16.0 Å². The van der Waals surface area contributed by atoms with Gasteiger partial charge in [-0.25, -0.2) is 4.98 Å². The molecule has 1 aromatic carbocycles. The highest BCUT2D eigenvalue weighted by Crippen LogP contribution is 2.33. The van der Waals surface area contributed by atoms with Gasteiger partial charge in [-0.1, -0.05) is 35.5 Å². The molecule has 4 rings (SSSR count). The summed E-state index contributed by atoms with van der Waals surface area (Å²) in [5, 5.41) is 9.46. The average molecular weight is 396 g/mol. The number of aryl methyl sites for hydroxylation is 3. The predicted octanol–water partition coefficient (Wildman–Crippen LogP) is 5.70. The van der Waals surface area contributed by atoms with E-state index >= 15 is 0 Å². The highest BCUT2D eigenvalue weighted by molar-refractivity contribution is 7.14. The molecule has 0 aliphatic rings. The van der Waals surface area contributed by atoms with E-state index in [0.717, 1.165) is 16.8 Å². The van der Waals surface area contributed by atoms with E-state index in [1.54, 1.807) is 18.3 Å². The first kappa shape index (κ1) is 17.6. The lowest BCUT2D eigenvalue weighted by atomic mass is 10.1. The lowest BCUT2D eigenvalue weighted by Crippen LogP contribution is -2.13. The standard InChI is InChI=1S/C20H17N3O2S2/c1-11-9-15(13(3)27-11)16-10-26-20(21-16)22-19(24)17-12(2)25-23-18(17)14-7-5-4-6-8-14/h4-10H,1-3H3,(H,21,22,24). The van der Waals surface area contributed by atoms with E-state index in [1.807, 2.05) is 35.7 Å². The summed E-state index contributed by atoms with van der Waals surface area (Å²) >= 11 is 3.15. The molecular formula is C20H17N3O2S2. The van der Waals surface area contributed by atoms with Crippen LogP contribution in [0.2, 0.25) is 0 Å². The van der Waals surface area contributed by atoms with Crippen LogP contribution >= 0.6 is 22.7 Å². The lowest BCUT2D eigenvalue weighted by Gasteiger charge is -2.03. The number of thiophene rings is 1. The van der Waals surface area contributed by atoms with Crippen molar-refractivity contribution in [2.75, 3.05) is 5.32 Å². The molecule has 0 unspecified atom stereocenters. The van der Waals surface area contributed by atoms with Crippen LogP contribution in [0.4, 0.5) is 5.13 Å². The maximum atomic E-state index is 12.9. The minimum absolute atomic E-state index is 0.272. The molecule has 7 heteroatoms. The second kappa shape index (κ2) is 7.09. The fraction of sp³-hybridized carbons (Fsp3) is 0.150. The Balaban J connectivity index is 1.61. The zero-order chi connectivity index (χ0) is 19.0. The molecule has 4 aromatic rings. The van der Waals surface area contributed by atoms with Crippen molar-refractivity contribution in [3.8, 4) is 22.5 Å². The number of thiazole rings is 1. The van der Waals surface area contributed by atoms with Gasteiger partial charge in [0.2, 0.25) is 0 Å². The van der Waals surface area contributed by atoms with Crippen LogP contribution in [0.15, 0.2) is 46.3 Å². The van der Waals surface area contributed by atoms with Crippen molar-refractivity contribution in [2.24, 2.45) is 0 Å². The summed E-state index contributed by atoms with van der Waals surface area (Å²) in [5.41, 5.74) is 3.79. The highest BCUT2D eigenvalue weighted by Gasteiger charge is 2.22. The number of carbonyl (C=O) groups is 1. The number of nitrogens with zero attached hydrogens (tertiary/aromatic N) is 2. The third-order valence-corrected chi connectivity index (χ3v) is 5.90. The van der Waals surface area contributed by atoms with E-state index < -0.39 is 0 Å². The van der Waals surface area contributed by atoms with Crippen LogP contribution in [-0.2, 0) is 0 Å². The van der Waals surface area contributed by atoms with Crippen LogP contribution in [0, 0.1) is 20.8 Å². The van der Waals surface area contributed by atoms with Crippen molar-refractivity contribution >= 4 is 33.7 Å². The van der Waals surface area contributed by atoms with Crippen LogP contribution in [0.5, 0.6) is 0 Å². The van der Waals surface area contributed by atoms with E-state index in [1.165, 1.54) is 21.1 Å². The van der Waals surface area contributed by atoms with Gasteiger partial charge < -0.3 is 4.52 Å². The molecule has 0 aliphatic heterocycles. The molecular weight excluding hydrogens is 378 g/mol. The van der Waals surface area contributed by atoms with E-state index in [0.29, 0.717) is 22.1 Å². The van der Waals surface area contributed by atoms with Crippen molar-refractivity contribution < 1.29 is 9.32 Å². The number of aromatic nitrogens is 2. The normalized spacial score (nSPS) is 10.9. The minimum atomic E-state index is -0.272. The van der Waals surface area contributed by atoms with Gasteiger partial charge in [-0.2, -0.15) is 0 Å². The molecule has 0 atom stereocenters. The van der Waals surface area contributed by atoms with E-state index in [2.05, 4.69) is 35.4 Å². The van der Waals surface area contributed by atoms with Crippen molar-refractivity contribution in [3.05, 3.63) is 62.9 Å². The molecule has 0 bridgehead atoms. The van der Waals surface area contributed by atoms with Crippen LogP contribution < -0.4 is 5.32 Å². The highest BCUT2D eigenvalue weighted by atomic mass is 32.1. The van der Waals surface area contributed by atoms with Gasteiger partial charge in [-0.05, 0) is 26.8 Å². The van der Waals surface area contributed by atoms with Gasteiger partial charge in [0.05, 0.1) is 5.69 Å². The molecule has 1 N–H and O–H groups in total. The van der Waals surface area contributed by atoms with Gasteiger partial charge in [-0.3, -0.25) is 10.1 Å². The Hall–Kier alpha value is -2.77. The first-order chi connectivity index (χ1) is 13.0. The molecule has 27 heavy (non-hydrogen) atoms. The van der Waals surface area contributed by atoms with Crippen LogP contribution in [0.1, 0.15) is 25.9 Å². The summed E-state index contributed by atoms with van der Waals surface area (Å²) in [6.45, 7) is 5.90. The third-order valence-electron chi connectivity index (χ3n) is 4.18. The smallest absolute Gasteiger partial charge is 0.263 e. The largest absolute Gasteiger partial charge is 0.360 e. The molecule has 0 fully saturated rings. The number of amides is 1. The van der Waals surface area contributed by atoms with Crippen molar-refractivity contribution in [1.82, 2.24) is 10.1 Å². The quantitative estimate of drug-likeness (QED) is 0.481. The first-order valence-electron chi connectivity index (χ1n) is 8.39. The Morgan fingerprint density at radius 2 is 1.93 bits per heavy atom. The van der Waals surface area contributed by atoms with Crippen LogP contribution in [0.25, 0.3) is 22.5 Å². The average Bonchev–Trinajstić information content (AvgIpc) is 3.34.